The van der Waals surface area contributed by atoms with Crippen LogP contribution in [0.3, 0.4) is 0 Å². The molecular weight excluding hydrogens is 762 g/mol. The zero-order chi connectivity index (χ0) is 40.2. The number of rotatable bonds is 8. The number of nitrogens with zero attached hydrogens (tertiary/aromatic N) is 6. The summed E-state index contributed by atoms with van der Waals surface area (Å²) < 4.78 is 6.15. The largest absolute Gasteiger partial charge is 0.490 e. The van der Waals surface area contributed by atoms with Crippen LogP contribution in [0.15, 0.2) is 54.6 Å². The van der Waals surface area contributed by atoms with Crippen LogP contribution in [-0.4, -0.2) is 119 Å². The number of piperazine rings is 1. The van der Waals surface area contributed by atoms with Crippen molar-refractivity contribution in [1.29, 1.82) is 5.26 Å². The molecule has 1 N–H and O–H groups in total. The Morgan fingerprint density at radius 2 is 1.57 bits per heavy atom. The quantitative estimate of drug-likeness (QED) is 0.331. The highest BCUT2D eigenvalue weighted by Crippen LogP contribution is 2.35. The van der Waals surface area contributed by atoms with E-state index in [-0.39, 0.29) is 47.9 Å². The van der Waals surface area contributed by atoms with E-state index in [2.05, 4.69) is 21.2 Å². The highest BCUT2D eigenvalue weighted by atomic mass is 35.5. The molecule has 0 bridgehead atoms. The van der Waals surface area contributed by atoms with Gasteiger partial charge in [-0.3, -0.25) is 43.9 Å². The second kappa shape index (κ2) is 15.2. The molecule has 6 amide bonds. The van der Waals surface area contributed by atoms with Crippen LogP contribution in [0.4, 0.5) is 5.69 Å². The number of piperidine rings is 1. The number of nitriles is 1. The van der Waals surface area contributed by atoms with Gasteiger partial charge in [-0.1, -0.05) is 11.6 Å². The first-order valence-corrected chi connectivity index (χ1v) is 20.3. The van der Waals surface area contributed by atoms with E-state index >= 15 is 0 Å². The van der Waals surface area contributed by atoms with E-state index < -0.39 is 29.7 Å². The first-order chi connectivity index (χ1) is 28.0. The Hall–Kier alpha value is -5.78. The molecule has 5 aliphatic heterocycles. The van der Waals surface area contributed by atoms with Crippen molar-refractivity contribution >= 4 is 52.7 Å². The summed E-state index contributed by atoms with van der Waals surface area (Å²) in [5.41, 5.74) is 3.96. The average molecular weight is 804 g/mol. The fraction of sp³-hybridized carbons (Fsp3) is 0.419. The monoisotopic (exact) mass is 803 g/mol. The van der Waals surface area contributed by atoms with Crippen LogP contribution < -0.4 is 15.0 Å². The van der Waals surface area contributed by atoms with Crippen LogP contribution in [0.5, 0.6) is 5.75 Å². The number of anilines is 1. The number of hydrogen-bond donors (Lipinski definition) is 1. The highest BCUT2D eigenvalue weighted by molar-refractivity contribution is 6.31. The maximum absolute atomic E-state index is 13.6. The molecule has 0 spiro atoms. The maximum Gasteiger partial charge on any atom is 0.262 e. The third-order valence-electron chi connectivity index (χ3n) is 12.6. The topological polar surface area (TPSA) is 164 Å². The molecule has 15 heteroatoms. The molecule has 1 unspecified atom stereocenters. The third kappa shape index (κ3) is 6.96. The predicted molar refractivity (Wildman–Crippen MR) is 210 cm³/mol. The van der Waals surface area contributed by atoms with Gasteiger partial charge in [-0.05, 0) is 86.2 Å². The van der Waals surface area contributed by atoms with Gasteiger partial charge in [-0.15, -0.1) is 0 Å². The van der Waals surface area contributed by atoms with Crippen LogP contribution >= 0.6 is 11.6 Å². The number of hydrogen-bond acceptors (Lipinski definition) is 10. The van der Waals surface area contributed by atoms with Gasteiger partial charge in [0.2, 0.25) is 11.8 Å². The fourth-order valence-electron chi connectivity index (χ4n) is 9.33. The maximum atomic E-state index is 13.6. The Balaban J connectivity index is 0.730. The molecule has 1 aliphatic carbocycles. The normalized spacial score (nSPS) is 23.7. The van der Waals surface area contributed by atoms with Gasteiger partial charge in [0.1, 0.15) is 17.9 Å². The van der Waals surface area contributed by atoms with Crippen molar-refractivity contribution in [3.63, 3.8) is 0 Å². The van der Waals surface area contributed by atoms with E-state index in [1.165, 1.54) is 0 Å². The smallest absolute Gasteiger partial charge is 0.262 e. The fourth-order valence-corrected chi connectivity index (χ4v) is 9.54. The Morgan fingerprint density at radius 3 is 2.29 bits per heavy atom. The van der Waals surface area contributed by atoms with Crippen molar-refractivity contribution in [2.45, 2.75) is 63.3 Å². The van der Waals surface area contributed by atoms with Gasteiger partial charge in [0, 0.05) is 93.6 Å². The molecule has 0 radical (unpaired) electrons. The second-order valence-electron chi connectivity index (χ2n) is 16.1. The van der Waals surface area contributed by atoms with Crippen molar-refractivity contribution in [1.82, 2.24) is 24.9 Å². The molecule has 4 fully saturated rings. The molecule has 3 saturated heterocycles. The molecular formula is C43H42ClN7O7. The highest BCUT2D eigenvalue weighted by Gasteiger charge is 2.45. The first-order valence-electron chi connectivity index (χ1n) is 20.0. The predicted octanol–water partition coefficient (Wildman–Crippen LogP) is 3.85. The van der Waals surface area contributed by atoms with Crippen molar-refractivity contribution in [2.75, 3.05) is 50.7 Å². The summed E-state index contributed by atoms with van der Waals surface area (Å²) in [5, 5.41) is 11.7. The van der Waals surface area contributed by atoms with Gasteiger partial charge in [0.05, 0.1) is 27.8 Å². The number of halogens is 1. The number of carbonyl (C=O) groups is 6. The molecule has 1 atom stereocenters. The Bertz CT molecular complexity index is 2290. The first kappa shape index (κ1) is 37.8. The van der Waals surface area contributed by atoms with Crippen LogP contribution in [0.1, 0.15) is 91.1 Å². The molecule has 1 saturated carbocycles. The molecule has 3 aromatic carbocycles. The minimum Gasteiger partial charge on any atom is -0.490 e. The SMILES string of the molecule is N#Cc1ccc(OC2CCC(N3Cc4cc(C(=O)N5CCN(CC6CN(c7ccc8c(c7)C(=O)N(C7CCC(=O)NC7=O)C8=O)C6)CC5)ccc4C3=O)CC2)cc1Cl. The lowest BCUT2D eigenvalue weighted by Crippen LogP contribution is -2.55. The van der Waals surface area contributed by atoms with E-state index in [1.807, 2.05) is 21.9 Å². The number of fused-ring (bicyclic) bond motifs is 2. The van der Waals surface area contributed by atoms with E-state index in [1.54, 1.807) is 42.5 Å². The van der Waals surface area contributed by atoms with Crippen LogP contribution in [0, 0.1) is 17.2 Å². The number of imide groups is 2. The summed E-state index contributed by atoms with van der Waals surface area (Å²) in [5.74, 6) is -1.01. The lowest BCUT2D eigenvalue weighted by Gasteiger charge is -2.45. The summed E-state index contributed by atoms with van der Waals surface area (Å²) in [6.07, 6.45) is 3.43. The van der Waals surface area contributed by atoms with Crippen molar-refractivity contribution in [3.05, 3.63) is 93.0 Å². The van der Waals surface area contributed by atoms with Crippen molar-refractivity contribution < 1.29 is 33.5 Å². The number of ether oxygens (including phenoxy) is 1. The van der Waals surface area contributed by atoms with Gasteiger partial charge < -0.3 is 19.4 Å². The van der Waals surface area contributed by atoms with Crippen molar-refractivity contribution in [2.24, 2.45) is 5.92 Å². The molecule has 5 heterocycles. The number of benzene rings is 3. The molecule has 6 aliphatic rings. The molecule has 298 valence electrons. The summed E-state index contributed by atoms with van der Waals surface area (Å²) in [6, 6.07) is 16.9. The van der Waals surface area contributed by atoms with E-state index in [9.17, 15) is 28.8 Å². The van der Waals surface area contributed by atoms with Gasteiger partial charge in [-0.25, -0.2) is 0 Å². The molecule has 3 aromatic rings. The van der Waals surface area contributed by atoms with E-state index in [0.29, 0.717) is 53.0 Å². The summed E-state index contributed by atoms with van der Waals surface area (Å²) >= 11 is 6.18. The zero-order valence-electron chi connectivity index (χ0n) is 31.8. The minimum atomic E-state index is -0.990. The molecule has 0 aromatic heterocycles. The Labute approximate surface area is 340 Å². The zero-order valence-corrected chi connectivity index (χ0v) is 32.6. The molecule has 9 rings (SSSR count). The van der Waals surface area contributed by atoms with Crippen molar-refractivity contribution in [3.8, 4) is 11.8 Å². The average Bonchev–Trinajstić information content (AvgIpc) is 3.67. The Morgan fingerprint density at radius 1 is 0.828 bits per heavy atom. The third-order valence-corrected chi connectivity index (χ3v) is 12.9. The second-order valence-corrected chi connectivity index (χ2v) is 16.6. The lowest BCUT2D eigenvalue weighted by molar-refractivity contribution is -0.136. The minimum absolute atomic E-state index is 0.00830. The number of nitrogens with one attached hydrogen (secondary N) is 1. The Kier molecular flexibility index (Phi) is 9.89. The van der Waals surface area contributed by atoms with Crippen LogP contribution in [-0.2, 0) is 16.1 Å². The van der Waals surface area contributed by atoms with Crippen LogP contribution in [0.2, 0.25) is 5.02 Å². The summed E-state index contributed by atoms with van der Waals surface area (Å²) in [4.78, 5) is 86.8. The molecule has 14 nitrogen and oxygen atoms in total. The van der Waals surface area contributed by atoms with E-state index in [4.69, 9.17) is 21.6 Å². The summed E-state index contributed by atoms with van der Waals surface area (Å²) in [7, 11) is 0. The van der Waals surface area contributed by atoms with Gasteiger partial charge in [0.15, 0.2) is 0 Å². The van der Waals surface area contributed by atoms with Gasteiger partial charge >= 0.3 is 0 Å². The van der Waals surface area contributed by atoms with Crippen LogP contribution in [0.25, 0.3) is 0 Å². The number of amides is 6. The summed E-state index contributed by atoms with van der Waals surface area (Å²) in [6.45, 7) is 5.72. The standard InChI is InChI=1S/C43H42ClN7O7/c44-36-19-32(6-1-27(36)20-45)58-31-7-3-29(4-8-31)50-24-28-17-26(2-9-33(28)41(50)55)40(54)48-15-13-47(14-16-48)21-25-22-49(23-25)30-5-10-34-35(18-30)43(57)51(42(34)56)37-11-12-38(52)46-39(37)53/h1-2,5-6,9-10,17-19,25,29,31,37H,3-4,7-8,11-16,21-24H2,(H,46,52,53). The lowest BCUT2D eigenvalue weighted by atomic mass is 9.92. The number of carbonyl (C=O) groups excluding carboxylic acids is 6. The van der Waals surface area contributed by atoms with Gasteiger partial charge in [0.25, 0.3) is 23.6 Å². The van der Waals surface area contributed by atoms with E-state index in [0.717, 1.165) is 74.6 Å². The van der Waals surface area contributed by atoms with Gasteiger partial charge in [-0.2, -0.15) is 5.26 Å². The molecule has 58 heavy (non-hydrogen) atoms.